The van der Waals surface area contributed by atoms with Crippen LogP contribution in [0.1, 0.15) is 27.7 Å². The van der Waals surface area contributed by atoms with Crippen LogP contribution in [0.25, 0.3) is 10.9 Å². The molecule has 1 aliphatic heterocycles. The van der Waals surface area contributed by atoms with Crippen LogP contribution in [0.4, 0.5) is 0 Å². The molecule has 0 bridgehead atoms. The highest BCUT2D eigenvalue weighted by atomic mass is 35.5. The molecule has 0 radical (unpaired) electrons. The Kier molecular flexibility index (Phi) is 2.94. The number of fused-ring (bicyclic) bond motifs is 1. The van der Waals surface area contributed by atoms with Crippen molar-refractivity contribution in [3.05, 3.63) is 23.2 Å². The quantitative estimate of drug-likeness (QED) is 0.758. The highest BCUT2D eigenvalue weighted by Gasteiger charge is 2.53. The van der Waals surface area contributed by atoms with Gasteiger partial charge in [-0.15, -0.1) is 0 Å². The van der Waals surface area contributed by atoms with Crippen molar-refractivity contribution in [2.24, 2.45) is 7.05 Å². The van der Waals surface area contributed by atoms with E-state index in [2.05, 4.69) is 5.10 Å². The monoisotopic (exact) mass is 292 g/mol. The van der Waals surface area contributed by atoms with Crippen molar-refractivity contribution in [3.63, 3.8) is 0 Å². The minimum Gasteiger partial charge on any atom is -0.398 e. The molecule has 1 saturated heterocycles. The molecule has 6 heteroatoms. The van der Waals surface area contributed by atoms with Gasteiger partial charge >= 0.3 is 7.12 Å². The lowest BCUT2D eigenvalue weighted by atomic mass is 9.82. The van der Waals surface area contributed by atoms with Gasteiger partial charge in [-0.3, -0.25) is 4.68 Å². The van der Waals surface area contributed by atoms with Crippen molar-refractivity contribution in [1.82, 2.24) is 9.78 Å². The van der Waals surface area contributed by atoms with E-state index in [0.29, 0.717) is 5.02 Å². The summed E-state index contributed by atoms with van der Waals surface area (Å²) in [7, 11) is 1.44. The average molecular weight is 293 g/mol. The molecule has 0 unspecified atom stereocenters. The van der Waals surface area contributed by atoms with Gasteiger partial charge in [0.1, 0.15) is 5.59 Å². The SMILES string of the molecule is Cn1nc(B2OC(C)(C)C(C)(C)O2)c2cc(Cl)ccc21. The Hall–Kier alpha value is -1.04. The van der Waals surface area contributed by atoms with Crippen LogP contribution in [0, 0.1) is 0 Å². The molecule has 2 heterocycles. The number of nitrogens with zero attached hydrogens (tertiary/aromatic N) is 2. The van der Waals surface area contributed by atoms with Gasteiger partial charge in [0.05, 0.1) is 16.7 Å². The molecule has 0 atom stereocenters. The molecule has 1 aliphatic rings. The van der Waals surface area contributed by atoms with Gasteiger partial charge in [0.2, 0.25) is 0 Å². The van der Waals surface area contributed by atoms with Gasteiger partial charge in [0, 0.05) is 17.5 Å². The number of rotatable bonds is 1. The van der Waals surface area contributed by atoms with E-state index >= 15 is 0 Å². The highest BCUT2D eigenvalue weighted by Crippen LogP contribution is 2.37. The summed E-state index contributed by atoms with van der Waals surface area (Å²) < 4.78 is 14.0. The van der Waals surface area contributed by atoms with Crippen molar-refractivity contribution in [3.8, 4) is 0 Å². The normalized spacial score (nSPS) is 20.8. The molecule has 3 rings (SSSR count). The molecule has 1 fully saturated rings. The summed E-state index contributed by atoms with van der Waals surface area (Å²) in [5.74, 6) is 0. The van der Waals surface area contributed by atoms with E-state index in [0.717, 1.165) is 16.5 Å². The van der Waals surface area contributed by atoms with Crippen molar-refractivity contribution in [2.45, 2.75) is 38.9 Å². The summed E-state index contributed by atoms with van der Waals surface area (Å²) in [5.41, 5.74) is 1.04. The Bertz CT molecular complexity index is 665. The minimum atomic E-state index is -0.470. The number of hydrogen-bond acceptors (Lipinski definition) is 3. The lowest BCUT2D eigenvalue weighted by molar-refractivity contribution is 0.00578. The summed E-state index contributed by atoms with van der Waals surface area (Å²) in [6.45, 7) is 8.13. The van der Waals surface area contributed by atoms with E-state index in [1.807, 2.05) is 57.6 Å². The van der Waals surface area contributed by atoms with Crippen molar-refractivity contribution < 1.29 is 9.31 Å². The Morgan fingerprint density at radius 3 is 2.35 bits per heavy atom. The highest BCUT2D eigenvalue weighted by molar-refractivity contribution is 6.64. The van der Waals surface area contributed by atoms with Gasteiger partial charge in [-0.1, -0.05) is 11.6 Å². The third-order valence-corrected chi connectivity index (χ3v) is 4.55. The maximum absolute atomic E-state index is 6.10. The molecule has 0 amide bonds. The summed E-state index contributed by atoms with van der Waals surface area (Å²) >= 11 is 6.10. The molecule has 0 saturated carbocycles. The van der Waals surface area contributed by atoms with Crippen LogP contribution in [-0.2, 0) is 16.4 Å². The smallest absolute Gasteiger partial charge is 0.398 e. The molecule has 1 aromatic carbocycles. The minimum absolute atomic E-state index is 0.375. The third kappa shape index (κ3) is 1.96. The maximum Gasteiger partial charge on any atom is 0.517 e. The van der Waals surface area contributed by atoms with Crippen molar-refractivity contribution in [2.75, 3.05) is 0 Å². The Labute approximate surface area is 124 Å². The predicted octanol–water partition coefficient (Wildman–Crippen LogP) is 2.53. The van der Waals surface area contributed by atoms with Crippen molar-refractivity contribution >= 4 is 35.2 Å². The molecule has 0 spiro atoms. The molecule has 106 valence electrons. The van der Waals surface area contributed by atoms with Crippen LogP contribution in [0.15, 0.2) is 18.2 Å². The van der Waals surface area contributed by atoms with Crippen LogP contribution in [0.2, 0.25) is 5.02 Å². The summed E-state index contributed by atoms with van der Waals surface area (Å²) in [5, 5.41) is 6.21. The van der Waals surface area contributed by atoms with Gasteiger partial charge in [-0.25, -0.2) is 0 Å². The number of hydrogen-bond donors (Lipinski definition) is 0. The van der Waals surface area contributed by atoms with Crippen LogP contribution < -0.4 is 5.59 Å². The van der Waals surface area contributed by atoms with Crippen LogP contribution in [0.5, 0.6) is 0 Å². The lowest BCUT2D eigenvalue weighted by Gasteiger charge is -2.32. The van der Waals surface area contributed by atoms with Crippen LogP contribution >= 0.6 is 11.6 Å². The summed E-state index contributed by atoms with van der Waals surface area (Å²) in [6.07, 6.45) is 0. The van der Waals surface area contributed by atoms with Gasteiger partial charge in [-0.2, -0.15) is 5.10 Å². The zero-order valence-electron chi connectivity index (χ0n) is 12.4. The Morgan fingerprint density at radius 1 is 1.15 bits per heavy atom. The number of halogens is 1. The maximum atomic E-state index is 6.10. The topological polar surface area (TPSA) is 36.3 Å². The van der Waals surface area contributed by atoms with Crippen molar-refractivity contribution in [1.29, 1.82) is 0 Å². The third-order valence-electron chi connectivity index (χ3n) is 4.32. The molecule has 20 heavy (non-hydrogen) atoms. The Morgan fingerprint density at radius 2 is 1.75 bits per heavy atom. The van der Waals surface area contributed by atoms with Gasteiger partial charge in [-0.05, 0) is 45.9 Å². The summed E-state index contributed by atoms with van der Waals surface area (Å²) in [4.78, 5) is 0. The van der Waals surface area contributed by atoms with Crippen LogP contribution in [0.3, 0.4) is 0 Å². The molecular formula is C14H18BClN2O2. The van der Waals surface area contributed by atoms with E-state index in [4.69, 9.17) is 20.9 Å². The molecule has 0 N–H and O–H groups in total. The fraction of sp³-hybridized carbons (Fsp3) is 0.500. The van der Waals surface area contributed by atoms with Gasteiger partial charge in [0.25, 0.3) is 0 Å². The number of benzene rings is 1. The molecule has 1 aromatic heterocycles. The van der Waals surface area contributed by atoms with Gasteiger partial charge < -0.3 is 9.31 Å². The molecule has 4 nitrogen and oxygen atoms in total. The van der Waals surface area contributed by atoms with E-state index < -0.39 is 7.12 Å². The number of aryl methyl sites for hydroxylation is 1. The van der Waals surface area contributed by atoms with E-state index in [-0.39, 0.29) is 11.2 Å². The van der Waals surface area contributed by atoms with Gasteiger partial charge in [0.15, 0.2) is 0 Å². The second kappa shape index (κ2) is 4.23. The Balaban J connectivity index is 2.10. The lowest BCUT2D eigenvalue weighted by Crippen LogP contribution is -2.41. The number of aromatic nitrogens is 2. The second-order valence-corrected chi connectivity index (χ2v) is 6.70. The van der Waals surface area contributed by atoms with E-state index in [1.165, 1.54) is 0 Å². The predicted molar refractivity (Wildman–Crippen MR) is 81.4 cm³/mol. The zero-order chi connectivity index (χ0) is 14.7. The van der Waals surface area contributed by atoms with Crippen LogP contribution in [-0.4, -0.2) is 28.1 Å². The fourth-order valence-electron chi connectivity index (χ4n) is 2.39. The van der Waals surface area contributed by atoms with E-state index in [9.17, 15) is 0 Å². The zero-order valence-corrected chi connectivity index (χ0v) is 13.2. The first kappa shape index (κ1) is 13.9. The standard InChI is InChI=1S/C14H18BClN2O2/c1-13(2)14(3,4)20-15(19-13)12-10-8-9(16)6-7-11(10)18(5)17-12/h6-8H,1-5H3. The largest absolute Gasteiger partial charge is 0.517 e. The summed E-state index contributed by atoms with van der Waals surface area (Å²) in [6, 6.07) is 5.73. The fourth-order valence-corrected chi connectivity index (χ4v) is 2.57. The second-order valence-electron chi connectivity index (χ2n) is 6.26. The van der Waals surface area contributed by atoms with E-state index in [1.54, 1.807) is 0 Å². The molecule has 0 aliphatic carbocycles. The first-order valence-electron chi connectivity index (χ1n) is 6.69. The molecule has 2 aromatic rings. The first-order valence-corrected chi connectivity index (χ1v) is 7.07. The first-order chi connectivity index (χ1) is 9.21. The average Bonchev–Trinajstić information content (AvgIpc) is 2.74. The molecular weight excluding hydrogens is 274 g/mol.